The molecular formula is C22H19Cl2N3O3S. The van der Waals surface area contributed by atoms with E-state index in [9.17, 15) is 9.59 Å². The second-order valence-electron chi connectivity index (χ2n) is 6.52. The standard InChI is InChI=1S/C22H19Cl2N3O3S/c1-13(15-5-8-17(9-6-15)25-22(29)20-4-3-11-31-20)26-27-21(28)14(2)30-19-10-7-16(23)12-18(19)24/h3-12,14H,1-2H3,(H,25,29)(H,27,28). The van der Waals surface area contributed by atoms with E-state index in [0.29, 0.717) is 32.1 Å². The minimum absolute atomic E-state index is 0.157. The molecule has 0 fully saturated rings. The molecule has 2 N–H and O–H groups in total. The first-order valence-electron chi connectivity index (χ1n) is 9.24. The molecule has 0 radical (unpaired) electrons. The molecule has 31 heavy (non-hydrogen) atoms. The normalized spacial score (nSPS) is 12.2. The summed E-state index contributed by atoms with van der Waals surface area (Å²) < 4.78 is 5.57. The Bertz CT molecular complexity index is 1100. The summed E-state index contributed by atoms with van der Waals surface area (Å²) in [5.41, 5.74) is 4.54. The predicted octanol–water partition coefficient (Wildman–Crippen LogP) is 5.61. The van der Waals surface area contributed by atoms with E-state index in [0.717, 1.165) is 5.56 Å². The topological polar surface area (TPSA) is 79.8 Å². The number of hydrogen-bond donors (Lipinski definition) is 2. The van der Waals surface area contributed by atoms with Gasteiger partial charge in [0.2, 0.25) is 0 Å². The van der Waals surface area contributed by atoms with Crippen LogP contribution in [0.3, 0.4) is 0 Å². The summed E-state index contributed by atoms with van der Waals surface area (Å²) in [6.45, 7) is 3.36. The first kappa shape index (κ1) is 22.8. The molecule has 3 rings (SSSR count). The molecule has 0 saturated heterocycles. The number of hydrazone groups is 1. The van der Waals surface area contributed by atoms with Crippen molar-refractivity contribution in [2.75, 3.05) is 5.32 Å². The monoisotopic (exact) mass is 475 g/mol. The summed E-state index contributed by atoms with van der Waals surface area (Å²) in [6.07, 6.45) is -0.815. The van der Waals surface area contributed by atoms with Crippen molar-refractivity contribution in [3.8, 4) is 5.75 Å². The molecule has 1 unspecified atom stereocenters. The molecule has 2 amide bonds. The molecule has 0 aliphatic heterocycles. The SMILES string of the molecule is CC(=NNC(=O)C(C)Oc1ccc(Cl)cc1Cl)c1ccc(NC(=O)c2cccs2)cc1. The molecule has 6 nitrogen and oxygen atoms in total. The fraction of sp³-hybridized carbons (Fsp3) is 0.136. The molecule has 1 heterocycles. The van der Waals surface area contributed by atoms with Crippen LogP contribution in [0.25, 0.3) is 0 Å². The van der Waals surface area contributed by atoms with E-state index in [-0.39, 0.29) is 5.91 Å². The van der Waals surface area contributed by atoms with E-state index in [1.54, 1.807) is 44.2 Å². The Morgan fingerprint density at radius 2 is 1.84 bits per heavy atom. The maximum atomic E-state index is 12.3. The number of nitrogens with zero attached hydrogens (tertiary/aromatic N) is 1. The van der Waals surface area contributed by atoms with Gasteiger partial charge in [-0.1, -0.05) is 41.4 Å². The van der Waals surface area contributed by atoms with Gasteiger partial charge in [0.05, 0.1) is 15.6 Å². The van der Waals surface area contributed by atoms with Gasteiger partial charge in [-0.15, -0.1) is 11.3 Å². The lowest BCUT2D eigenvalue weighted by Gasteiger charge is -2.14. The van der Waals surface area contributed by atoms with Crippen LogP contribution in [0, 0.1) is 0 Å². The zero-order valence-electron chi connectivity index (χ0n) is 16.7. The minimum atomic E-state index is -0.815. The molecule has 9 heteroatoms. The quantitative estimate of drug-likeness (QED) is 0.343. The lowest BCUT2D eigenvalue weighted by Crippen LogP contribution is -2.34. The van der Waals surface area contributed by atoms with Gasteiger partial charge in [-0.05, 0) is 61.2 Å². The maximum Gasteiger partial charge on any atom is 0.280 e. The summed E-state index contributed by atoms with van der Waals surface area (Å²) in [7, 11) is 0. The van der Waals surface area contributed by atoms with Gasteiger partial charge in [0.25, 0.3) is 11.8 Å². The van der Waals surface area contributed by atoms with Crippen molar-refractivity contribution in [1.29, 1.82) is 0 Å². The summed E-state index contributed by atoms with van der Waals surface area (Å²) in [4.78, 5) is 25.0. The molecule has 0 aliphatic carbocycles. The number of nitrogens with one attached hydrogen (secondary N) is 2. The molecular weight excluding hydrogens is 457 g/mol. The van der Waals surface area contributed by atoms with Crippen molar-refractivity contribution in [2.24, 2.45) is 5.10 Å². The number of carbonyl (C=O) groups is 2. The van der Waals surface area contributed by atoms with Crippen LogP contribution in [0.15, 0.2) is 65.1 Å². The van der Waals surface area contributed by atoms with Crippen LogP contribution in [0.1, 0.15) is 29.1 Å². The molecule has 0 spiro atoms. The summed E-state index contributed by atoms with van der Waals surface area (Å²) in [6, 6.07) is 15.5. The highest BCUT2D eigenvalue weighted by Crippen LogP contribution is 2.28. The number of rotatable bonds is 7. The first-order chi connectivity index (χ1) is 14.8. The Kier molecular flexibility index (Phi) is 7.68. The van der Waals surface area contributed by atoms with Gasteiger partial charge >= 0.3 is 0 Å². The van der Waals surface area contributed by atoms with Crippen LogP contribution >= 0.6 is 34.5 Å². The first-order valence-corrected chi connectivity index (χ1v) is 10.9. The lowest BCUT2D eigenvalue weighted by molar-refractivity contribution is -0.127. The Morgan fingerprint density at radius 3 is 2.48 bits per heavy atom. The smallest absolute Gasteiger partial charge is 0.280 e. The molecule has 1 aromatic heterocycles. The molecule has 160 valence electrons. The van der Waals surface area contributed by atoms with Crippen LogP contribution in [0.2, 0.25) is 10.0 Å². The third kappa shape index (κ3) is 6.30. The zero-order valence-corrected chi connectivity index (χ0v) is 19.0. The van der Waals surface area contributed by atoms with Gasteiger partial charge in [-0.2, -0.15) is 5.10 Å². The summed E-state index contributed by atoms with van der Waals surface area (Å²) in [5.74, 6) is -0.227. The van der Waals surface area contributed by atoms with Crippen LogP contribution in [0.5, 0.6) is 5.75 Å². The van der Waals surface area contributed by atoms with Crippen molar-refractivity contribution in [3.63, 3.8) is 0 Å². The van der Waals surface area contributed by atoms with Crippen LogP contribution in [-0.2, 0) is 4.79 Å². The summed E-state index contributed by atoms with van der Waals surface area (Å²) >= 11 is 13.3. The Hall–Kier alpha value is -2.87. The van der Waals surface area contributed by atoms with E-state index in [1.807, 2.05) is 23.6 Å². The maximum absolute atomic E-state index is 12.3. The van der Waals surface area contributed by atoms with E-state index >= 15 is 0 Å². The van der Waals surface area contributed by atoms with E-state index in [2.05, 4.69) is 15.8 Å². The highest BCUT2D eigenvalue weighted by atomic mass is 35.5. The molecule has 0 saturated carbocycles. The van der Waals surface area contributed by atoms with E-state index in [1.165, 1.54) is 17.4 Å². The second kappa shape index (κ2) is 10.4. The highest BCUT2D eigenvalue weighted by Gasteiger charge is 2.16. The van der Waals surface area contributed by atoms with Crippen molar-refractivity contribution in [1.82, 2.24) is 5.43 Å². The molecule has 2 aromatic carbocycles. The van der Waals surface area contributed by atoms with Crippen molar-refractivity contribution in [2.45, 2.75) is 20.0 Å². The number of halogens is 2. The van der Waals surface area contributed by atoms with Crippen molar-refractivity contribution in [3.05, 3.63) is 80.5 Å². The number of carbonyl (C=O) groups excluding carboxylic acids is 2. The molecule has 3 aromatic rings. The Morgan fingerprint density at radius 1 is 1.10 bits per heavy atom. The number of amides is 2. The lowest BCUT2D eigenvalue weighted by atomic mass is 10.1. The fourth-order valence-corrected chi connectivity index (χ4v) is 3.58. The number of hydrogen-bond acceptors (Lipinski definition) is 5. The number of ether oxygens (including phenoxy) is 1. The fourth-order valence-electron chi connectivity index (χ4n) is 2.50. The average molecular weight is 476 g/mol. The predicted molar refractivity (Wildman–Crippen MR) is 126 cm³/mol. The largest absolute Gasteiger partial charge is 0.479 e. The third-order valence-electron chi connectivity index (χ3n) is 4.21. The second-order valence-corrected chi connectivity index (χ2v) is 8.31. The van der Waals surface area contributed by atoms with Gasteiger partial charge in [0, 0.05) is 10.7 Å². The zero-order chi connectivity index (χ0) is 22.4. The third-order valence-corrected chi connectivity index (χ3v) is 5.61. The van der Waals surface area contributed by atoms with Crippen LogP contribution in [0.4, 0.5) is 5.69 Å². The number of thiophene rings is 1. The summed E-state index contributed by atoms with van der Waals surface area (Å²) in [5, 5.41) is 9.60. The molecule has 0 bridgehead atoms. The van der Waals surface area contributed by atoms with Gasteiger partial charge < -0.3 is 10.1 Å². The van der Waals surface area contributed by atoms with Gasteiger partial charge in [0.1, 0.15) is 5.75 Å². The highest BCUT2D eigenvalue weighted by molar-refractivity contribution is 7.12. The van der Waals surface area contributed by atoms with Crippen LogP contribution < -0.4 is 15.5 Å². The van der Waals surface area contributed by atoms with E-state index in [4.69, 9.17) is 27.9 Å². The number of anilines is 1. The van der Waals surface area contributed by atoms with Crippen LogP contribution in [-0.4, -0.2) is 23.6 Å². The Balaban J connectivity index is 1.56. The van der Waals surface area contributed by atoms with Gasteiger partial charge in [-0.25, -0.2) is 5.43 Å². The van der Waals surface area contributed by atoms with Gasteiger partial charge in [0.15, 0.2) is 6.10 Å². The van der Waals surface area contributed by atoms with Crippen molar-refractivity contribution >= 4 is 57.8 Å². The van der Waals surface area contributed by atoms with Crippen molar-refractivity contribution < 1.29 is 14.3 Å². The van der Waals surface area contributed by atoms with Gasteiger partial charge in [-0.3, -0.25) is 9.59 Å². The molecule has 0 aliphatic rings. The Labute approximate surface area is 193 Å². The number of benzene rings is 2. The molecule has 1 atom stereocenters. The minimum Gasteiger partial charge on any atom is -0.479 e. The average Bonchev–Trinajstić information content (AvgIpc) is 3.29. The van der Waals surface area contributed by atoms with E-state index < -0.39 is 12.0 Å².